The van der Waals surface area contributed by atoms with Gasteiger partial charge in [-0.2, -0.15) is 0 Å². The monoisotopic (exact) mass is 398 g/mol. The van der Waals surface area contributed by atoms with Gasteiger partial charge in [-0.05, 0) is 12.1 Å². The lowest BCUT2D eigenvalue weighted by molar-refractivity contribution is -0.387. The zero-order chi connectivity index (χ0) is 13.9. The molecule has 1 aromatic rings. The van der Waals surface area contributed by atoms with E-state index in [9.17, 15) is 18.5 Å². The van der Waals surface area contributed by atoms with Crippen molar-refractivity contribution in [3.63, 3.8) is 0 Å². The van der Waals surface area contributed by atoms with Crippen LogP contribution in [0.5, 0.6) is 0 Å². The summed E-state index contributed by atoms with van der Waals surface area (Å²) in [6, 6.07) is 3.71. The SMILES string of the molecule is C=C(Br)CNS(=O)(=O)c1cc(Br)ccc1[N+](=O)[O-]. The third-order valence-corrected chi connectivity index (χ3v) is 4.07. The van der Waals surface area contributed by atoms with Crippen LogP contribution in [0.25, 0.3) is 0 Å². The first-order valence-corrected chi connectivity index (χ1v) is 7.58. The van der Waals surface area contributed by atoms with Crippen LogP contribution in [0.2, 0.25) is 0 Å². The molecule has 0 saturated carbocycles. The lowest BCUT2D eigenvalue weighted by Crippen LogP contribution is -2.25. The molecular formula is C9H8Br2N2O4S. The molecular weight excluding hydrogens is 392 g/mol. The van der Waals surface area contributed by atoms with Crippen LogP contribution in [0.3, 0.4) is 0 Å². The van der Waals surface area contributed by atoms with E-state index in [2.05, 4.69) is 43.2 Å². The van der Waals surface area contributed by atoms with Crippen molar-refractivity contribution in [2.24, 2.45) is 0 Å². The summed E-state index contributed by atoms with van der Waals surface area (Å²) < 4.78 is 26.9. The van der Waals surface area contributed by atoms with Crippen LogP contribution in [0.15, 0.2) is 38.6 Å². The predicted molar refractivity (Wildman–Crippen MR) is 74.1 cm³/mol. The summed E-state index contributed by atoms with van der Waals surface area (Å²) >= 11 is 6.07. The number of sulfonamides is 1. The zero-order valence-corrected chi connectivity index (χ0v) is 12.9. The molecule has 1 aromatic carbocycles. The number of nitro groups is 1. The number of nitrogens with zero attached hydrogens (tertiary/aromatic N) is 1. The molecule has 9 heteroatoms. The standard InChI is InChI=1S/C9H8Br2N2O4S/c1-6(10)5-12-18(16,17)9-4-7(11)2-3-8(9)13(14)15/h2-4,12H,1,5H2. The highest BCUT2D eigenvalue weighted by molar-refractivity contribution is 9.11. The van der Waals surface area contributed by atoms with Gasteiger partial charge in [0.05, 0.1) is 4.92 Å². The predicted octanol–water partition coefficient (Wildman–Crippen LogP) is 2.54. The zero-order valence-electron chi connectivity index (χ0n) is 8.89. The number of hydrogen-bond acceptors (Lipinski definition) is 4. The number of halogens is 2. The highest BCUT2D eigenvalue weighted by Gasteiger charge is 2.25. The summed E-state index contributed by atoms with van der Waals surface area (Å²) in [4.78, 5) is 9.65. The van der Waals surface area contributed by atoms with Gasteiger partial charge in [0, 0.05) is 21.6 Å². The van der Waals surface area contributed by atoms with E-state index in [1.165, 1.54) is 12.1 Å². The Morgan fingerprint density at radius 2 is 2.11 bits per heavy atom. The lowest BCUT2D eigenvalue weighted by Gasteiger charge is -2.07. The Morgan fingerprint density at radius 1 is 1.50 bits per heavy atom. The summed E-state index contributed by atoms with van der Waals surface area (Å²) in [5.41, 5.74) is -0.481. The molecule has 18 heavy (non-hydrogen) atoms. The molecule has 0 unspecified atom stereocenters. The van der Waals surface area contributed by atoms with E-state index in [0.29, 0.717) is 8.96 Å². The average Bonchev–Trinajstić information content (AvgIpc) is 2.26. The topological polar surface area (TPSA) is 89.3 Å². The van der Waals surface area contributed by atoms with Crippen molar-refractivity contribution in [1.82, 2.24) is 4.72 Å². The third-order valence-electron chi connectivity index (χ3n) is 1.86. The minimum Gasteiger partial charge on any atom is -0.258 e. The molecule has 0 saturated heterocycles. The molecule has 0 aliphatic carbocycles. The largest absolute Gasteiger partial charge is 0.289 e. The quantitative estimate of drug-likeness (QED) is 0.608. The van der Waals surface area contributed by atoms with Gasteiger partial charge in [-0.1, -0.05) is 38.4 Å². The number of rotatable bonds is 5. The molecule has 0 atom stereocenters. The molecule has 6 nitrogen and oxygen atoms in total. The maximum atomic E-state index is 11.9. The fourth-order valence-electron chi connectivity index (χ4n) is 1.11. The Morgan fingerprint density at radius 3 is 2.61 bits per heavy atom. The van der Waals surface area contributed by atoms with Gasteiger partial charge in [0.2, 0.25) is 10.0 Å². The lowest BCUT2D eigenvalue weighted by atomic mass is 10.3. The summed E-state index contributed by atoms with van der Waals surface area (Å²) in [6.45, 7) is 3.42. The van der Waals surface area contributed by atoms with Crippen LogP contribution < -0.4 is 4.72 Å². The van der Waals surface area contributed by atoms with Gasteiger partial charge in [-0.3, -0.25) is 10.1 Å². The molecule has 98 valence electrons. The van der Waals surface area contributed by atoms with Crippen molar-refractivity contribution in [3.8, 4) is 0 Å². The Balaban J connectivity index is 3.26. The molecule has 1 rings (SSSR count). The van der Waals surface area contributed by atoms with Crippen molar-refractivity contribution in [2.75, 3.05) is 6.54 Å². The van der Waals surface area contributed by atoms with Crippen molar-refractivity contribution in [1.29, 1.82) is 0 Å². The first-order chi connectivity index (χ1) is 8.24. The molecule has 0 aliphatic rings. The molecule has 0 aliphatic heterocycles. The summed E-state index contributed by atoms with van der Waals surface area (Å²) in [5.74, 6) is 0. The van der Waals surface area contributed by atoms with Gasteiger partial charge in [-0.25, -0.2) is 13.1 Å². The first-order valence-electron chi connectivity index (χ1n) is 4.51. The highest BCUT2D eigenvalue weighted by Crippen LogP contribution is 2.27. The molecule has 0 amide bonds. The van der Waals surface area contributed by atoms with Crippen LogP contribution in [0.1, 0.15) is 0 Å². The molecule has 0 bridgehead atoms. The van der Waals surface area contributed by atoms with E-state index in [1.54, 1.807) is 0 Å². The molecule has 0 heterocycles. The summed E-state index contributed by atoms with van der Waals surface area (Å²) in [5, 5.41) is 10.8. The average molecular weight is 400 g/mol. The number of nitrogens with one attached hydrogen (secondary N) is 1. The van der Waals surface area contributed by atoms with Crippen LogP contribution in [0.4, 0.5) is 5.69 Å². The second-order valence-corrected chi connectivity index (χ2v) is 6.98. The Labute approximate surface area is 121 Å². The maximum absolute atomic E-state index is 11.9. The van der Waals surface area contributed by atoms with Gasteiger partial charge in [0.25, 0.3) is 5.69 Å². The Kier molecular flexibility index (Phi) is 5.02. The Bertz CT molecular complexity index is 601. The summed E-state index contributed by atoms with van der Waals surface area (Å²) in [6.07, 6.45) is 0. The van der Waals surface area contributed by atoms with Crippen molar-refractivity contribution < 1.29 is 13.3 Å². The van der Waals surface area contributed by atoms with Gasteiger partial charge in [0.1, 0.15) is 0 Å². The van der Waals surface area contributed by atoms with Crippen LogP contribution in [-0.4, -0.2) is 19.9 Å². The van der Waals surface area contributed by atoms with Gasteiger partial charge in [-0.15, -0.1) is 0 Å². The minimum atomic E-state index is -3.97. The number of nitro benzene ring substituents is 1. The molecule has 1 N–H and O–H groups in total. The van der Waals surface area contributed by atoms with E-state index in [-0.39, 0.29) is 6.54 Å². The molecule has 0 aromatic heterocycles. The number of benzene rings is 1. The van der Waals surface area contributed by atoms with Crippen molar-refractivity contribution >= 4 is 47.6 Å². The van der Waals surface area contributed by atoms with Crippen molar-refractivity contribution in [2.45, 2.75) is 4.90 Å². The van der Waals surface area contributed by atoms with Crippen molar-refractivity contribution in [3.05, 3.63) is 43.8 Å². The Hall–Kier alpha value is -0.770. The molecule has 0 spiro atoms. The maximum Gasteiger partial charge on any atom is 0.289 e. The van der Waals surface area contributed by atoms with Gasteiger partial charge >= 0.3 is 0 Å². The van der Waals surface area contributed by atoms with Crippen LogP contribution in [0, 0.1) is 10.1 Å². The first kappa shape index (κ1) is 15.3. The van der Waals surface area contributed by atoms with E-state index in [4.69, 9.17) is 0 Å². The minimum absolute atomic E-state index is 0.0496. The fraction of sp³-hybridized carbons (Fsp3) is 0.111. The highest BCUT2D eigenvalue weighted by atomic mass is 79.9. The molecule has 0 fully saturated rings. The van der Waals surface area contributed by atoms with E-state index in [0.717, 1.165) is 6.07 Å². The third kappa shape index (κ3) is 3.87. The normalized spacial score (nSPS) is 11.2. The second-order valence-electron chi connectivity index (χ2n) is 3.21. The smallest absolute Gasteiger partial charge is 0.258 e. The summed E-state index contributed by atoms with van der Waals surface area (Å²) in [7, 11) is -3.97. The number of hydrogen-bond donors (Lipinski definition) is 1. The van der Waals surface area contributed by atoms with E-state index >= 15 is 0 Å². The second kappa shape index (κ2) is 5.91. The van der Waals surface area contributed by atoms with Gasteiger partial charge in [0.15, 0.2) is 4.90 Å². The van der Waals surface area contributed by atoms with Crippen LogP contribution in [-0.2, 0) is 10.0 Å². The van der Waals surface area contributed by atoms with E-state index < -0.39 is 25.5 Å². The molecule has 0 radical (unpaired) electrons. The fourth-order valence-corrected chi connectivity index (χ4v) is 3.16. The van der Waals surface area contributed by atoms with Crippen LogP contribution >= 0.6 is 31.9 Å². The van der Waals surface area contributed by atoms with Gasteiger partial charge < -0.3 is 0 Å². The van der Waals surface area contributed by atoms with E-state index in [1.807, 2.05) is 0 Å².